The van der Waals surface area contributed by atoms with Crippen molar-refractivity contribution >= 4 is 35.0 Å². The highest BCUT2D eigenvalue weighted by Crippen LogP contribution is 2.41. The molecule has 1 aliphatic rings. The molecule has 0 fully saturated rings. The molecule has 0 saturated heterocycles. The van der Waals surface area contributed by atoms with Gasteiger partial charge in [0.2, 0.25) is 0 Å². The molecule has 2 amide bonds. The predicted molar refractivity (Wildman–Crippen MR) is 110 cm³/mol. The fourth-order valence-corrected chi connectivity index (χ4v) is 4.11. The molecule has 1 aliphatic heterocycles. The van der Waals surface area contributed by atoms with E-state index >= 15 is 0 Å². The highest BCUT2D eigenvalue weighted by molar-refractivity contribution is 7.99. The van der Waals surface area contributed by atoms with Crippen LogP contribution in [0.2, 0.25) is 0 Å². The molecule has 5 nitrogen and oxygen atoms in total. The van der Waals surface area contributed by atoms with E-state index in [0.717, 1.165) is 15.5 Å². The Hall–Kier alpha value is -3.32. The number of fused-ring (bicyclic) bond motifs is 2. The van der Waals surface area contributed by atoms with Crippen molar-refractivity contribution in [3.05, 3.63) is 78.1 Å². The fraction of sp³-hybridized carbons (Fsp3) is 0.0909. The maximum absolute atomic E-state index is 12.9. The maximum Gasteiger partial charge on any atom is 0.262 e. The van der Waals surface area contributed by atoms with Crippen LogP contribution in [-0.4, -0.2) is 25.5 Å². The minimum Gasteiger partial charge on any atom is -0.484 e. The summed E-state index contributed by atoms with van der Waals surface area (Å²) in [5.74, 6) is -0.362. The Labute approximate surface area is 171 Å². The summed E-state index contributed by atoms with van der Waals surface area (Å²) in [6.07, 6.45) is 0. The molecule has 146 valence electrons. The molecule has 3 aromatic carbocycles. The number of carbonyl (C=O) groups excluding carboxylic acids is 2. The van der Waals surface area contributed by atoms with Crippen LogP contribution in [-0.2, 0) is 4.79 Å². The maximum atomic E-state index is 12.9. The van der Waals surface area contributed by atoms with Crippen molar-refractivity contribution in [2.75, 3.05) is 23.9 Å². The number of nitrogens with one attached hydrogen (secondary N) is 1. The molecule has 0 spiro atoms. The number of ether oxygens (including phenoxy) is 1. The lowest BCUT2D eigenvalue weighted by Crippen LogP contribution is -2.26. The molecular formula is C22H17FN2O3S. The van der Waals surface area contributed by atoms with Crippen LogP contribution in [0.3, 0.4) is 0 Å². The van der Waals surface area contributed by atoms with Crippen LogP contribution in [0.15, 0.2) is 76.5 Å². The number of hydrogen-bond donors (Lipinski definition) is 1. The molecule has 4 rings (SSSR count). The van der Waals surface area contributed by atoms with Gasteiger partial charge in [0.1, 0.15) is 11.6 Å². The zero-order valence-corrected chi connectivity index (χ0v) is 16.3. The Kier molecular flexibility index (Phi) is 5.22. The van der Waals surface area contributed by atoms with Crippen molar-refractivity contribution in [1.29, 1.82) is 0 Å². The van der Waals surface area contributed by atoms with E-state index in [1.165, 1.54) is 36.0 Å². The van der Waals surface area contributed by atoms with Crippen LogP contribution in [0.25, 0.3) is 0 Å². The van der Waals surface area contributed by atoms with Crippen molar-refractivity contribution in [3.63, 3.8) is 0 Å². The van der Waals surface area contributed by atoms with E-state index < -0.39 is 0 Å². The van der Waals surface area contributed by atoms with Crippen LogP contribution < -0.4 is 15.0 Å². The summed E-state index contributed by atoms with van der Waals surface area (Å²) in [4.78, 5) is 28.3. The van der Waals surface area contributed by atoms with Gasteiger partial charge < -0.3 is 15.0 Å². The van der Waals surface area contributed by atoms with Crippen LogP contribution in [0, 0.1) is 5.82 Å². The number of hydrogen-bond acceptors (Lipinski definition) is 4. The van der Waals surface area contributed by atoms with Gasteiger partial charge >= 0.3 is 0 Å². The van der Waals surface area contributed by atoms with Crippen LogP contribution in [0.1, 0.15) is 10.4 Å². The van der Waals surface area contributed by atoms with Crippen molar-refractivity contribution < 1.29 is 18.7 Å². The van der Waals surface area contributed by atoms with Crippen molar-refractivity contribution in [1.82, 2.24) is 0 Å². The predicted octanol–water partition coefficient (Wildman–Crippen LogP) is 4.58. The second-order valence-electron chi connectivity index (χ2n) is 6.44. The minimum atomic E-state index is -0.366. The van der Waals surface area contributed by atoms with Gasteiger partial charge in [-0.25, -0.2) is 4.39 Å². The smallest absolute Gasteiger partial charge is 0.262 e. The average molecular weight is 408 g/mol. The standard InChI is InChI=1S/C22H17FN2O3S/c1-25-18-11-8-15(24-21(26)13-28-16-9-6-14(23)7-10-16)12-20(18)29-19-5-3-2-4-17(19)22(25)27/h2-12H,13H2,1H3,(H,24,26). The molecule has 0 saturated carbocycles. The molecule has 0 atom stereocenters. The molecular weight excluding hydrogens is 391 g/mol. The second-order valence-corrected chi connectivity index (χ2v) is 7.52. The van der Waals surface area contributed by atoms with E-state index in [4.69, 9.17) is 4.74 Å². The van der Waals surface area contributed by atoms with Gasteiger partial charge in [0.15, 0.2) is 6.61 Å². The second kappa shape index (κ2) is 7.97. The molecule has 0 bridgehead atoms. The summed E-state index contributed by atoms with van der Waals surface area (Å²) in [5.41, 5.74) is 2.02. The van der Waals surface area contributed by atoms with Gasteiger partial charge in [-0.05, 0) is 54.6 Å². The Morgan fingerprint density at radius 2 is 1.83 bits per heavy atom. The molecule has 1 heterocycles. The first-order valence-corrected chi connectivity index (χ1v) is 9.70. The zero-order chi connectivity index (χ0) is 20.4. The van der Waals surface area contributed by atoms with E-state index in [2.05, 4.69) is 5.32 Å². The number of nitrogens with zero attached hydrogens (tertiary/aromatic N) is 1. The third-order valence-corrected chi connectivity index (χ3v) is 5.55. The summed E-state index contributed by atoms with van der Waals surface area (Å²) < 4.78 is 18.3. The van der Waals surface area contributed by atoms with Gasteiger partial charge in [-0.3, -0.25) is 9.59 Å². The molecule has 0 aromatic heterocycles. The molecule has 29 heavy (non-hydrogen) atoms. The van der Waals surface area contributed by atoms with Gasteiger partial charge in [-0.1, -0.05) is 23.9 Å². The fourth-order valence-electron chi connectivity index (χ4n) is 2.97. The van der Waals surface area contributed by atoms with Crippen LogP contribution in [0.4, 0.5) is 15.8 Å². The van der Waals surface area contributed by atoms with Gasteiger partial charge in [0.25, 0.3) is 11.8 Å². The molecule has 7 heteroatoms. The number of amides is 2. The van der Waals surface area contributed by atoms with Gasteiger partial charge in [-0.15, -0.1) is 0 Å². The number of anilines is 2. The number of benzene rings is 3. The van der Waals surface area contributed by atoms with E-state index in [0.29, 0.717) is 17.0 Å². The Balaban J connectivity index is 1.49. The first-order chi connectivity index (χ1) is 14.0. The Morgan fingerprint density at radius 3 is 2.62 bits per heavy atom. The first-order valence-electron chi connectivity index (χ1n) is 8.88. The van der Waals surface area contributed by atoms with Crippen molar-refractivity contribution in [2.45, 2.75) is 9.79 Å². The lowest BCUT2D eigenvalue weighted by atomic mass is 10.2. The third kappa shape index (κ3) is 4.09. The number of halogens is 1. The van der Waals surface area contributed by atoms with Crippen LogP contribution >= 0.6 is 11.8 Å². The van der Waals surface area contributed by atoms with E-state index in [1.54, 1.807) is 18.0 Å². The zero-order valence-electron chi connectivity index (χ0n) is 15.5. The SMILES string of the molecule is CN1C(=O)c2ccccc2Sc2cc(NC(=O)COc3ccc(F)cc3)ccc21. The Bertz CT molecular complexity index is 1090. The third-order valence-electron chi connectivity index (χ3n) is 4.43. The summed E-state index contributed by atoms with van der Waals surface area (Å²) in [7, 11) is 1.73. The molecule has 0 unspecified atom stereocenters. The molecule has 1 N–H and O–H groups in total. The summed E-state index contributed by atoms with van der Waals surface area (Å²) in [6.45, 7) is -0.197. The normalized spacial score (nSPS) is 12.6. The van der Waals surface area contributed by atoms with E-state index in [-0.39, 0.29) is 24.2 Å². The topological polar surface area (TPSA) is 58.6 Å². The molecule has 3 aromatic rings. The highest BCUT2D eigenvalue weighted by Gasteiger charge is 2.24. The van der Waals surface area contributed by atoms with Gasteiger partial charge in [0.05, 0.1) is 11.3 Å². The number of rotatable bonds is 4. The first kappa shape index (κ1) is 19.0. The summed E-state index contributed by atoms with van der Waals surface area (Å²) in [6, 6.07) is 18.3. The van der Waals surface area contributed by atoms with E-state index in [1.807, 2.05) is 36.4 Å². The summed E-state index contributed by atoms with van der Waals surface area (Å²) >= 11 is 1.48. The highest BCUT2D eigenvalue weighted by atomic mass is 32.2. The quantitative estimate of drug-likeness (QED) is 0.686. The lowest BCUT2D eigenvalue weighted by Gasteiger charge is -2.18. The number of carbonyl (C=O) groups is 2. The minimum absolute atomic E-state index is 0.0728. The average Bonchev–Trinajstić information content (AvgIpc) is 2.82. The van der Waals surface area contributed by atoms with Crippen molar-refractivity contribution in [3.8, 4) is 5.75 Å². The van der Waals surface area contributed by atoms with Gasteiger partial charge in [0, 0.05) is 22.5 Å². The largest absolute Gasteiger partial charge is 0.484 e. The summed E-state index contributed by atoms with van der Waals surface area (Å²) in [5, 5.41) is 2.79. The lowest BCUT2D eigenvalue weighted by molar-refractivity contribution is -0.118. The van der Waals surface area contributed by atoms with Crippen molar-refractivity contribution in [2.24, 2.45) is 0 Å². The van der Waals surface area contributed by atoms with Crippen LogP contribution in [0.5, 0.6) is 5.75 Å². The van der Waals surface area contributed by atoms with E-state index in [9.17, 15) is 14.0 Å². The Morgan fingerprint density at radius 1 is 1.07 bits per heavy atom. The van der Waals surface area contributed by atoms with Gasteiger partial charge in [-0.2, -0.15) is 0 Å². The molecule has 0 aliphatic carbocycles. The monoisotopic (exact) mass is 408 g/mol. The molecule has 0 radical (unpaired) electrons.